The van der Waals surface area contributed by atoms with Crippen molar-refractivity contribution in [3.8, 4) is 0 Å². The molecule has 1 saturated heterocycles. The second-order valence-corrected chi connectivity index (χ2v) is 5.58. The van der Waals surface area contributed by atoms with Crippen LogP contribution in [0.15, 0.2) is 18.5 Å². The molecule has 1 aliphatic rings. The number of hydrogen-bond donors (Lipinski definition) is 2. The van der Waals surface area contributed by atoms with Crippen molar-refractivity contribution < 1.29 is 9.90 Å². The van der Waals surface area contributed by atoms with Crippen LogP contribution in [0.25, 0.3) is 0 Å². The largest absolute Gasteiger partial charge is 0.387 e. The molecule has 0 bridgehead atoms. The fourth-order valence-corrected chi connectivity index (χ4v) is 3.14. The molecule has 2 rings (SSSR count). The normalized spacial score (nSPS) is 23.6. The first-order valence-electron chi connectivity index (χ1n) is 5.29. The van der Waals surface area contributed by atoms with Gasteiger partial charge >= 0.3 is 0 Å². The average molecular weight is 273 g/mol. The fraction of sp³-hybridized carbons (Fsp3) is 0.455. The maximum atomic E-state index is 11.8. The molecule has 0 saturated carbocycles. The third-order valence-electron chi connectivity index (χ3n) is 2.68. The van der Waals surface area contributed by atoms with Crippen LogP contribution in [0.5, 0.6) is 0 Å². The van der Waals surface area contributed by atoms with E-state index in [2.05, 4.69) is 10.3 Å². The molecule has 1 amide bonds. The molecule has 17 heavy (non-hydrogen) atoms. The van der Waals surface area contributed by atoms with Gasteiger partial charge in [0.05, 0.1) is 16.2 Å². The Balaban J connectivity index is 1.96. The van der Waals surface area contributed by atoms with Crippen molar-refractivity contribution in [2.45, 2.75) is 12.0 Å². The van der Waals surface area contributed by atoms with Gasteiger partial charge in [-0.05, 0) is 18.2 Å². The van der Waals surface area contributed by atoms with Crippen molar-refractivity contribution in [3.05, 3.63) is 29.0 Å². The molecule has 6 heteroatoms. The monoisotopic (exact) mass is 272 g/mol. The maximum absolute atomic E-state index is 11.8. The number of pyridine rings is 1. The number of hydrogen-bond acceptors (Lipinski definition) is 4. The van der Waals surface area contributed by atoms with Gasteiger partial charge < -0.3 is 10.4 Å². The first-order valence-corrected chi connectivity index (χ1v) is 6.82. The molecule has 1 aromatic rings. The van der Waals surface area contributed by atoms with Gasteiger partial charge in [0.15, 0.2) is 0 Å². The van der Waals surface area contributed by atoms with Gasteiger partial charge in [0, 0.05) is 24.7 Å². The minimum Gasteiger partial charge on any atom is -0.387 e. The van der Waals surface area contributed by atoms with Crippen LogP contribution < -0.4 is 5.32 Å². The van der Waals surface area contributed by atoms with Crippen LogP contribution in [0.3, 0.4) is 0 Å². The molecule has 4 nitrogen and oxygen atoms in total. The Bertz CT molecular complexity index is 422. The van der Waals surface area contributed by atoms with E-state index < -0.39 is 5.60 Å². The summed E-state index contributed by atoms with van der Waals surface area (Å²) in [6, 6.07) is 1.56. The molecule has 0 aliphatic carbocycles. The van der Waals surface area contributed by atoms with E-state index in [0.717, 1.165) is 5.75 Å². The van der Waals surface area contributed by atoms with E-state index in [0.29, 0.717) is 22.8 Å². The summed E-state index contributed by atoms with van der Waals surface area (Å²) in [5.41, 5.74) is -0.393. The number of amides is 1. The molecule has 0 spiro atoms. The summed E-state index contributed by atoms with van der Waals surface area (Å²) < 4.78 is 0. The number of carbonyl (C=O) groups is 1. The van der Waals surface area contributed by atoms with E-state index >= 15 is 0 Å². The number of halogens is 1. The summed E-state index contributed by atoms with van der Waals surface area (Å²) in [6.45, 7) is 0.261. The lowest BCUT2D eigenvalue weighted by Crippen LogP contribution is -2.43. The van der Waals surface area contributed by atoms with Crippen molar-refractivity contribution >= 4 is 29.3 Å². The molecule has 92 valence electrons. The maximum Gasteiger partial charge on any atom is 0.253 e. The Morgan fingerprint density at radius 2 is 2.53 bits per heavy atom. The predicted molar refractivity (Wildman–Crippen MR) is 68.5 cm³/mol. The van der Waals surface area contributed by atoms with Gasteiger partial charge in [-0.1, -0.05) is 11.6 Å². The van der Waals surface area contributed by atoms with E-state index in [-0.39, 0.29) is 12.5 Å². The van der Waals surface area contributed by atoms with Crippen LogP contribution in [-0.2, 0) is 0 Å². The van der Waals surface area contributed by atoms with Gasteiger partial charge in [-0.15, -0.1) is 0 Å². The lowest BCUT2D eigenvalue weighted by Gasteiger charge is -2.21. The van der Waals surface area contributed by atoms with Crippen molar-refractivity contribution in [1.82, 2.24) is 10.3 Å². The van der Waals surface area contributed by atoms with Gasteiger partial charge in [-0.3, -0.25) is 9.78 Å². The van der Waals surface area contributed by atoms with Crippen LogP contribution in [-0.4, -0.2) is 39.6 Å². The molecule has 1 unspecified atom stereocenters. The average Bonchev–Trinajstić information content (AvgIpc) is 2.74. The van der Waals surface area contributed by atoms with Crippen LogP contribution in [0, 0.1) is 0 Å². The van der Waals surface area contributed by atoms with Crippen LogP contribution in [0.2, 0.25) is 5.02 Å². The number of nitrogens with one attached hydrogen (secondary N) is 1. The van der Waals surface area contributed by atoms with Crippen molar-refractivity contribution in [2.75, 3.05) is 18.1 Å². The van der Waals surface area contributed by atoms with Gasteiger partial charge in [0.2, 0.25) is 0 Å². The minimum absolute atomic E-state index is 0.261. The number of aromatic nitrogens is 1. The third kappa shape index (κ3) is 3.12. The lowest BCUT2D eigenvalue weighted by molar-refractivity contribution is 0.0612. The molecule has 1 aromatic heterocycles. The zero-order valence-corrected chi connectivity index (χ0v) is 10.7. The quantitative estimate of drug-likeness (QED) is 0.872. The Kier molecular flexibility index (Phi) is 3.91. The van der Waals surface area contributed by atoms with Gasteiger partial charge in [0.25, 0.3) is 5.91 Å². The second-order valence-electron chi connectivity index (χ2n) is 4.07. The molecule has 1 aliphatic heterocycles. The van der Waals surface area contributed by atoms with Gasteiger partial charge in [-0.2, -0.15) is 11.8 Å². The zero-order valence-electron chi connectivity index (χ0n) is 9.15. The summed E-state index contributed by atoms with van der Waals surface area (Å²) in [5, 5.41) is 13.1. The third-order valence-corrected chi connectivity index (χ3v) is 4.21. The molecule has 0 aromatic carbocycles. The number of aliphatic hydroxyl groups is 1. The number of nitrogens with zero attached hydrogens (tertiary/aromatic N) is 1. The van der Waals surface area contributed by atoms with Crippen molar-refractivity contribution in [3.63, 3.8) is 0 Å². The molecule has 1 fully saturated rings. The summed E-state index contributed by atoms with van der Waals surface area (Å²) in [7, 11) is 0. The molecule has 2 heterocycles. The van der Waals surface area contributed by atoms with E-state index in [1.54, 1.807) is 17.8 Å². The number of carbonyl (C=O) groups excluding carboxylic acids is 1. The molecular weight excluding hydrogens is 260 g/mol. The minimum atomic E-state index is -0.778. The van der Waals surface area contributed by atoms with E-state index in [1.807, 2.05) is 0 Å². The van der Waals surface area contributed by atoms with Crippen molar-refractivity contribution in [2.24, 2.45) is 0 Å². The summed E-state index contributed by atoms with van der Waals surface area (Å²) in [5.74, 6) is 1.32. The number of thioether (sulfide) groups is 1. The Hall–Kier alpha value is -0.780. The highest BCUT2D eigenvalue weighted by atomic mass is 35.5. The van der Waals surface area contributed by atoms with E-state index in [4.69, 9.17) is 11.6 Å². The zero-order chi connectivity index (χ0) is 12.3. The topological polar surface area (TPSA) is 62.2 Å². The SMILES string of the molecule is O=C(NCC1(O)CCSC1)c1ccncc1Cl. The van der Waals surface area contributed by atoms with Gasteiger partial charge in [0.1, 0.15) is 0 Å². The van der Waals surface area contributed by atoms with Crippen LogP contribution >= 0.6 is 23.4 Å². The van der Waals surface area contributed by atoms with E-state index in [1.165, 1.54) is 12.4 Å². The summed E-state index contributed by atoms with van der Waals surface area (Å²) in [4.78, 5) is 15.6. The molecular formula is C11H13ClN2O2S. The Morgan fingerprint density at radius 3 is 3.18 bits per heavy atom. The highest BCUT2D eigenvalue weighted by Crippen LogP contribution is 2.27. The fourth-order valence-electron chi connectivity index (χ4n) is 1.64. The first-order chi connectivity index (χ1) is 8.11. The highest BCUT2D eigenvalue weighted by molar-refractivity contribution is 7.99. The standard InChI is InChI=1S/C11H13ClN2O2S/c12-9-5-13-3-1-8(9)10(15)14-6-11(16)2-4-17-7-11/h1,3,5,16H,2,4,6-7H2,(H,14,15). The molecule has 1 atom stereocenters. The summed E-state index contributed by atoms with van der Waals surface area (Å²) in [6.07, 6.45) is 3.65. The molecule has 0 radical (unpaired) electrons. The second kappa shape index (κ2) is 5.25. The smallest absolute Gasteiger partial charge is 0.253 e. The Labute approximate surface area is 109 Å². The first kappa shape index (κ1) is 12.7. The predicted octanol–water partition coefficient (Wildman–Crippen LogP) is 1.33. The van der Waals surface area contributed by atoms with E-state index in [9.17, 15) is 9.90 Å². The highest BCUT2D eigenvalue weighted by Gasteiger charge is 2.32. The van der Waals surface area contributed by atoms with Crippen LogP contribution in [0.4, 0.5) is 0 Å². The van der Waals surface area contributed by atoms with Crippen LogP contribution in [0.1, 0.15) is 16.8 Å². The van der Waals surface area contributed by atoms with Gasteiger partial charge in [-0.25, -0.2) is 0 Å². The summed E-state index contributed by atoms with van der Waals surface area (Å²) >= 11 is 7.55. The molecule has 2 N–H and O–H groups in total. The van der Waals surface area contributed by atoms with Crippen molar-refractivity contribution in [1.29, 1.82) is 0 Å². The lowest BCUT2D eigenvalue weighted by atomic mass is 10.0. The number of rotatable bonds is 3. The Morgan fingerprint density at radius 1 is 1.71 bits per heavy atom.